The van der Waals surface area contributed by atoms with Crippen molar-refractivity contribution in [3.63, 3.8) is 0 Å². The Kier molecular flexibility index (Phi) is 4.88. The van der Waals surface area contributed by atoms with Crippen LogP contribution in [0.25, 0.3) is 10.1 Å². The number of nitrogens with two attached hydrogens (primary N) is 1. The van der Waals surface area contributed by atoms with Crippen LogP contribution >= 0.6 is 11.3 Å². The van der Waals surface area contributed by atoms with Gasteiger partial charge in [0.2, 0.25) is 0 Å². The van der Waals surface area contributed by atoms with E-state index in [4.69, 9.17) is 5.73 Å². The zero-order chi connectivity index (χ0) is 14.7. The van der Waals surface area contributed by atoms with E-state index in [0.29, 0.717) is 6.54 Å². The van der Waals surface area contributed by atoms with Crippen molar-refractivity contribution in [1.82, 2.24) is 4.90 Å². The van der Waals surface area contributed by atoms with Crippen molar-refractivity contribution in [2.75, 3.05) is 13.1 Å². The molecule has 1 aromatic heterocycles. The van der Waals surface area contributed by atoms with Crippen molar-refractivity contribution in [3.8, 4) is 0 Å². The third kappa shape index (κ3) is 3.28. The fourth-order valence-corrected chi connectivity index (χ4v) is 4.35. The van der Waals surface area contributed by atoms with Gasteiger partial charge in [0, 0.05) is 28.1 Å². The molecule has 0 aliphatic carbocycles. The molecule has 0 atom stereocenters. The van der Waals surface area contributed by atoms with Crippen LogP contribution in [0, 0.1) is 5.82 Å². The SMILES string of the molecule is NCc1sc2cccc(F)c2c1CN1CCCCCCC1. The van der Waals surface area contributed by atoms with Gasteiger partial charge in [-0.1, -0.05) is 25.3 Å². The van der Waals surface area contributed by atoms with E-state index in [1.807, 2.05) is 6.07 Å². The van der Waals surface area contributed by atoms with Gasteiger partial charge >= 0.3 is 0 Å². The molecule has 1 fully saturated rings. The van der Waals surface area contributed by atoms with Gasteiger partial charge in [-0.2, -0.15) is 0 Å². The average molecular weight is 306 g/mol. The molecule has 21 heavy (non-hydrogen) atoms. The van der Waals surface area contributed by atoms with Crippen molar-refractivity contribution in [3.05, 3.63) is 34.5 Å². The molecule has 2 N–H and O–H groups in total. The van der Waals surface area contributed by atoms with Crippen molar-refractivity contribution < 1.29 is 4.39 Å². The minimum atomic E-state index is -0.106. The number of hydrogen-bond acceptors (Lipinski definition) is 3. The summed E-state index contributed by atoms with van der Waals surface area (Å²) in [5, 5.41) is 0.796. The summed E-state index contributed by atoms with van der Waals surface area (Å²) in [6, 6.07) is 5.35. The molecule has 0 spiro atoms. The van der Waals surface area contributed by atoms with Crippen molar-refractivity contribution >= 4 is 21.4 Å². The van der Waals surface area contributed by atoms with Gasteiger partial charge < -0.3 is 5.73 Å². The normalized spacial score (nSPS) is 17.8. The highest BCUT2D eigenvalue weighted by molar-refractivity contribution is 7.19. The lowest BCUT2D eigenvalue weighted by Crippen LogP contribution is -2.27. The first-order valence-electron chi connectivity index (χ1n) is 7.91. The quantitative estimate of drug-likeness (QED) is 0.918. The topological polar surface area (TPSA) is 29.3 Å². The van der Waals surface area contributed by atoms with Gasteiger partial charge in [0.1, 0.15) is 5.82 Å². The first-order chi connectivity index (χ1) is 10.3. The van der Waals surface area contributed by atoms with Crippen LogP contribution in [0.1, 0.15) is 42.5 Å². The van der Waals surface area contributed by atoms with Crippen LogP contribution < -0.4 is 5.73 Å². The number of hydrogen-bond donors (Lipinski definition) is 1. The molecule has 1 aromatic carbocycles. The van der Waals surface area contributed by atoms with Gasteiger partial charge in [-0.3, -0.25) is 4.90 Å². The van der Waals surface area contributed by atoms with Gasteiger partial charge in [-0.05, 0) is 43.6 Å². The van der Waals surface area contributed by atoms with Crippen LogP contribution in [0.4, 0.5) is 4.39 Å². The highest BCUT2D eigenvalue weighted by Gasteiger charge is 2.18. The van der Waals surface area contributed by atoms with Crippen molar-refractivity contribution in [2.24, 2.45) is 5.73 Å². The molecule has 0 radical (unpaired) electrons. The predicted octanol–water partition coefficient (Wildman–Crippen LogP) is 4.27. The van der Waals surface area contributed by atoms with E-state index in [0.717, 1.165) is 40.2 Å². The largest absolute Gasteiger partial charge is 0.326 e. The second-order valence-electron chi connectivity index (χ2n) is 5.86. The van der Waals surface area contributed by atoms with Gasteiger partial charge in [-0.15, -0.1) is 11.3 Å². The Morgan fingerprint density at radius 2 is 1.81 bits per heavy atom. The number of rotatable bonds is 3. The highest BCUT2D eigenvalue weighted by Crippen LogP contribution is 2.34. The van der Waals surface area contributed by atoms with E-state index in [1.165, 1.54) is 32.1 Å². The minimum Gasteiger partial charge on any atom is -0.326 e. The minimum absolute atomic E-state index is 0.106. The van der Waals surface area contributed by atoms with Gasteiger partial charge in [0.05, 0.1) is 0 Å². The molecule has 0 bridgehead atoms. The maximum atomic E-state index is 14.2. The van der Waals surface area contributed by atoms with E-state index < -0.39 is 0 Å². The molecular formula is C17H23FN2S. The molecule has 0 amide bonds. The Labute approximate surface area is 129 Å². The lowest BCUT2D eigenvalue weighted by atomic mass is 10.1. The van der Waals surface area contributed by atoms with Crippen LogP contribution in [0.3, 0.4) is 0 Å². The Bertz CT molecular complexity index is 600. The summed E-state index contributed by atoms with van der Waals surface area (Å²) in [6.45, 7) is 3.58. The zero-order valence-corrected chi connectivity index (χ0v) is 13.2. The van der Waals surface area contributed by atoms with Crippen LogP contribution in [0.15, 0.2) is 18.2 Å². The standard InChI is InChI=1S/C17H23FN2S/c18-14-7-6-8-15-17(14)13(16(11-19)21-15)12-20-9-4-2-1-3-5-10-20/h6-8H,1-5,9-12,19H2. The molecule has 4 heteroatoms. The second kappa shape index (κ2) is 6.86. The Hall–Kier alpha value is -0.970. The molecule has 1 saturated heterocycles. The van der Waals surface area contributed by atoms with E-state index in [1.54, 1.807) is 23.5 Å². The van der Waals surface area contributed by atoms with Crippen molar-refractivity contribution in [1.29, 1.82) is 0 Å². The molecule has 2 aromatic rings. The summed E-state index contributed by atoms with van der Waals surface area (Å²) in [6.07, 6.45) is 6.50. The first kappa shape index (κ1) is 14.9. The lowest BCUT2D eigenvalue weighted by molar-refractivity contribution is 0.240. The number of halogens is 1. The van der Waals surface area contributed by atoms with Crippen LogP contribution in [0.5, 0.6) is 0 Å². The first-order valence-corrected chi connectivity index (χ1v) is 8.72. The monoisotopic (exact) mass is 306 g/mol. The van der Waals surface area contributed by atoms with Crippen LogP contribution in [0.2, 0.25) is 0 Å². The highest BCUT2D eigenvalue weighted by atomic mass is 32.1. The van der Waals surface area contributed by atoms with Crippen molar-refractivity contribution in [2.45, 2.75) is 45.2 Å². The Morgan fingerprint density at radius 1 is 1.10 bits per heavy atom. The lowest BCUT2D eigenvalue weighted by Gasteiger charge is -2.24. The zero-order valence-electron chi connectivity index (χ0n) is 12.4. The number of benzene rings is 1. The second-order valence-corrected chi connectivity index (χ2v) is 7.00. The molecule has 3 rings (SSSR count). The van der Waals surface area contributed by atoms with Crippen LogP contribution in [-0.2, 0) is 13.1 Å². The number of nitrogens with zero attached hydrogens (tertiary/aromatic N) is 1. The summed E-state index contributed by atoms with van der Waals surface area (Å²) >= 11 is 1.64. The molecule has 2 heterocycles. The molecular weight excluding hydrogens is 283 g/mol. The molecule has 0 unspecified atom stereocenters. The fraction of sp³-hybridized carbons (Fsp3) is 0.529. The molecule has 0 saturated carbocycles. The molecule has 2 nitrogen and oxygen atoms in total. The van der Waals surface area contributed by atoms with E-state index in [9.17, 15) is 4.39 Å². The van der Waals surface area contributed by atoms with Gasteiger partial charge in [-0.25, -0.2) is 4.39 Å². The maximum absolute atomic E-state index is 14.2. The molecule has 1 aliphatic rings. The molecule has 114 valence electrons. The third-order valence-electron chi connectivity index (χ3n) is 4.36. The smallest absolute Gasteiger partial charge is 0.132 e. The third-order valence-corrected chi connectivity index (χ3v) is 5.58. The Morgan fingerprint density at radius 3 is 2.52 bits per heavy atom. The number of likely N-dealkylation sites (tertiary alicyclic amines) is 1. The van der Waals surface area contributed by atoms with Gasteiger partial charge in [0.15, 0.2) is 0 Å². The average Bonchev–Trinajstić information content (AvgIpc) is 2.81. The number of fused-ring (bicyclic) bond motifs is 1. The summed E-state index contributed by atoms with van der Waals surface area (Å²) in [5.74, 6) is -0.106. The van der Waals surface area contributed by atoms with Crippen LogP contribution in [-0.4, -0.2) is 18.0 Å². The summed E-state index contributed by atoms with van der Waals surface area (Å²) in [4.78, 5) is 3.61. The van der Waals surface area contributed by atoms with Gasteiger partial charge in [0.25, 0.3) is 0 Å². The van der Waals surface area contributed by atoms with E-state index in [2.05, 4.69) is 4.90 Å². The number of thiophene rings is 1. The maximum Gasteiger partial charge on any atom is 0.132 e. The van der Waals surface area contributed by atoms with E-state index in [-0.39, 0.29) is 5.82 Å². The predicted molar refractivity (Wildman–Crippen MR) is 88.0 cm³/mol. The summed E-state index contributed by atoms with van der Waals surface area (Å²) < 4.78 is 15.3. The molecule has 1 aliphatic heterocycles. The Balaban J connectivity index is 1.91. The van der Waals surface area contributed by atoms with E-state index >= 15 is 0 Å². The summed E-state index contributed by atoms with van der Waals surface area (Å²) in [5.41, 5.74) is 7.02. The summed E-state index contributed by atoms with van der Waals surface area (Å²) in [7, 11) is 0. The fourth-order valence-electron chi connectivity index (χ4n) is 3.24.